The van der Waals surface area contributed by atoms with E-state index in [1.807, 2.05) is 38.9 Å². The van der Waals surface area contributed by atoms with E-state index >= 15 is 0 Å². The lowest BCUT2D eigenvalue weighted by atomic mass is 10.3. The van der Waals surface area contributed by atoms with E-state index in [2.05, 4.69) is 20.7 Å². The molecule has 1 amide bonds. The maximum absolute atomic E-state index is 11.9. The number of aryl methyl sites for hydroxylation is 1. The largest absolute Gasteiger partial charge is 0.357 e. The van der Waals surface area contributed by atoms with Crippen molar-refractivity contribution >= 4 is 11.9 Å². The number of carbonyl (C=O) groups is 1. The Morgan fingerprint density at radius 3 is 2.59 bits per heavy atom. The first-order valence-corrected chi connectivity index (χ1v) is 7.88. The fraction of sp³-hybridized carbons (Fsp3) is 0.667. The van der Waals surface area contributed by atoms with E-state index < -0.39 is 0 Å². The smallest absolute Gasteiger partial charge is 0.224 e. The van der Waals surface area contributed by atoms with Crippen LogP contribution >= 0.6 is 0 Å². The molecule has 0 aliphatic heterocycles. The predicted molar refractivity (Wildman–Crippen MR) is 88.6 cm³/mol. The van der Waals surface area contributed by atoms with Crippen LogP contribution in [0.5, 0.6) is 0 Å². The molecule has 7 heteroatoms. The zero-order valence-electron chi connectivity index (χ0n) is 14.1. The second-order valence-electron chi connectivity index (χ2n) is 4.96. The van der Waals surface area contributed by atoms with Gasteiger partial charge >= 0.3 is 0 Å². The van der Waals surface area contributed by atoms with Crippen LogP contribution in [-0.2, 0) is 18.4 Å². The molecule has 0 spiro atoms. The van der Waals surface area contributed by atoms with Crippen molar-refractivity contribution in [2.45, 2.75) is 33.7 Å². The van der Waals surface area contributed by atoms with Gasteiger partial charge in [0.15, 0.2) is 5.96 Å². The van der Waals surface area contributed by atoms with Crippen molar-refractivity contribution in [3.63, 3.8) is 0 Å². The number of nitrogens with zero attached hydrogens (tertiary/aromatic N) is 4. The molecule has 1 aromatic rings. The van der Waals surface area contributed by atoms with Gasteiger partial charge in [0.25, 0.3) is 0 Å². The summed E-state index contributed by atoms with van der Waals surface area (Å²) in [5, 5.41) is 10.5. The Morgan fingerprint density at radius 1 is 1.32 bits per heavy atom. The van der Waals surface area contributed by atoms with Crippen LogP contribution in [0.1, 0.15) is 32.8 Å². The maximum atomic E-state index is 11.9. The van der Waals surface area contributed by atoms with Gasteiger partial charge in [0.05, 0.1) is 12.7 Å². The van der Waals surface area contributed by atoms with Crippen LogP contribution in [0.15, 0.2) is 17.4 Å². The Morgan fingerprint density at radius 2 is 2.05 bits per heavy atom. The molecule has 0 atom stereocenters. The van der Waals surface area contributed by atoms with Gasteiger partial charge in [0, 0.05) is 51.4 Å². The molecule has 22 heavy (non-hydrogen) atoms. The van der Waals surface area contributed by atoms with Gasteiger partial charge < -0.3 is 15.5 Å². The van der Waals surface area contributed by atoms with Crippen molar-refractivity contribution < 1.29 is 4.79 Å². The summed E-state index contributed by atoms with van der Waals surface area (Å²) in [6.45, 7) is 9.43. The van der Waals surface area contributed by atoms with Gasteiger partial charge in [-0.05, 0) is 20.8 Å². The Labute approximate surface area is 132 Å². The lowest BCUT2D eigenvalue weighted by molar-refractivity contribution is -0.130. The number of guanidine groups is 1. The zero-order valence-corrected chi connectivity index (χ0v) is 14.1. The molecule has 7 nitrogen and oxygen atoms in total. The molecular weight excluding hydrogens is 280 g/mol. The molecule has 0 saturated carbocycles. The molecular formula is C15H28N6O. The zero-order chi connectivity index (χ0) is 16.4. The number of amides is 1. The van der Waals surface area contributed by atoms with E-state index in [9.17, 15) is 4.79 Å². The van der Waals surface area contributed by atoms with E-state index in [1.54, 1.807) is 10.9 Å². The third-order valence-corrected chi connectivity index (χ3v) is 3.27. The molecule has 0 fully saturated rings. The first-order valence-electron chi connectivity index (χ1n) is 7.88. The lowest BCUT2D eigenvalue weighted by Gasteiger charge is -2.19. The van der Waals surface area contributed by atoms with E-state index in [4.69, 9.17) is 0 Å². The standard InChI is InChI=1S/C15H28N6O/c1-5-16-15(18-10-13-11-19-20(4)12-13)17-9-8-14(22)21(6-2)7-3/h11-12H,5-10H2,1-4H3,(H2,16,17,18). The molecule has 0 saturated heterocycles. The molecule has 0 radical (unpaired) electrons. The molecule has 124 valence electrons. The average molecular weight is 308 g/mol. The third kappa shape index (κ3) is 6.15. The lowest BCUT2D eigenvalue weighted by Crippen LogP contribution is -2.40. The monoisotopic (exact) mass is 308 g/mol. The normalized spacial score (nSPS) is 11.4. The van der Waals surface area contributed by atoms with Gasteiger partial charge in [-0.2, -0.15) is 5.10 Å². The highest BCUT2D eigenvalue weighted by Gasteiger charge is 2.09. The summed E-state index contributed by atoms with van der Waals surface area (Å²) in [4.78, 5) is 18.3. The summed E-state index contributed by atoms with van der Waals surface area (Å²) in [6.07, 6.45) is 4.22. The van der Waals surface area contributed by atoms with Gasteiger partial charge in [0.2, 0.25) is 5.91 Å². The number of aliphatic imine (C=N–C) groups is 1. The molecule has 1 heterocycles. The first kappa shape index (κ1) is 18.0. The van der Waals surface area contributed by atoms with Crippen LogP contribution < -0.4 is 10.6 Å². The fourth-order valence-corrected chi connectivity index (χ4v) is 2.09. The van der Waals surface area contributed by atoms with Gasteiger partial charge in [-0.25, -0.2) is 4.99 Å². The van der Waals surface area contributed by atoms with Crippen LogP contribution in [-0.4, -0.2) is 52.7 Å². The second kappa shape index (κ2) is 9.81. The van der Waals surface area contributed by atoms with E-state index in [-0.39, 0.29) is 5.91 Å². The summed E-state index contributed by atoms with van der Waals surface area (Å²) >= 11 is 0. The van der Waals surface area contributed by atoms with Crippen LogP contribution in [0.2, 0.25) is 0 Å². The Hall–Kier alpha value is -2.05. The van der Waals surface area contributed by atoms with Crippen LogP contribution in [0, 0.1) is 0 Å². The minimum absolute atomic E-state index is 0.167. The second-order valence-corrected chi connectivity index (χ2v) is 4.96. The fourth-order valence-electron chi connectivity index (χ4n) is 2.09. The molecule has 0 aliphatic rings. The number of carbonyl (C=O) groups excluding carboxylic acids is 1. The minimum atomic E-state index is 0.167. The Bertz CT molecular complexity index is 478. The number of hydrogen-bond donors (Lipinski definition) is 2. The minimum Gasteiger partial charge on any atom is -0.357 e. The molecule has 0 bridgehead atoms. The number of aromatic nitrogens is 2. The van der Waals surface area contributed by atoms with Crippen LogP contribution in [0.4, 0.5) is 0 Å². The topological polar surface area (TPSA) is 74.5 Å². The van der Waals surface area contributed by atoms with Crippen molar-refractivity contribution in [3.05, 3.63) is 18.0 Å². The van der Waals surface area contributed by atoms with Gasteiger partial charge in [-0.1, -0.05) is 0 Å². The van der Waals surface area contributed by atoms with Gasteiger partial charge in [-0.3, -0.25) is 9.48 Å². The first-order chi connectivity index (χ1) is 10.6. The highest BCUT2D eigenvalue weighted by Crippen LogP contribution is 1.98. The molecule has 2 N–H and O–H groups in total. The SMILES string of the molecule is CCNC(=NCc1cnn(C)c1)NCCC(=O)N(CC)CC. The number of nitrogens with one attached hydrogen (secondary N) is 2. The molecule has 0 aliphatic carbocycles. The van der Waals surface area contributed by atoms with E-state index in [0.29, 0.717) is 19.5 Å². The van der Waals surface area contributed by atoms with Crippen molar-refractivity contribution in [2.75, 3.05) is 26.2 Å². The molecule has 0 unspecified atom stereocenters. The third-order valence-electron chi connectivity index (χ3n) is 3.27. The van der Waals surface area contributed by atoms with Crippen molar-refractivity contribution in [3.8, 4) is 0 Å². The average Bonchev–Trinajstić information content (AvgIpc) is 2.91. The highest BCUT2D eigenvalue weighted by molar-refractivity contribution is 5.81. The molecule has 1 rings (SSSR count). The molecule has 1 aromatic heterocycles. The van der Waals surface area contributed by atoms with Crippen LogP contribution in [0.25, 0.3) is 0 Å². The Balaban J connectivity index is 2.45. The van der Waals surface area contributed by atoms with Gasteiger partial charge in [-0.15, -0.1) is 0 Å². The summed E-state index contributed by atoms with van der Waals surface area (Å²) in [7, 11) is 1.88. The van der Waals surface area contributed by atoms with Crippen molar-refractivity contribution in [1.82, 2.24) is 25.3 Å². The summed E-state index contributed by atoms with van der Waals surface area (Å²) in [6, 6.07) is 0. The van der Waals surface area contributed by atoms with E-state index in [0.717, 1.165) is 31.2 Å². The van der Waals surface area contributed by atoms with Crippen molar-refractivity contribution in [2.24, 2.45) is 12.0 Å². The highest BCUT2D eigenvalue weighted by atomic mass is 16.2. The quantitative estimate of drug-likeness (QED) is 0.548. The van der Waals surface area contributed by atoms with E-state index in [1.165, 1.54) is 0 Å². The molecule has 0 aromatic carbocycles. The Kier molecular flexibility index (Phi) is 8.03. The van der Waals surface area contributed by atoms with Crippen molar-refractivity contribution in [1.29, 1.82) is 0 Å². The maximum Gasteiger partial charge on any atom is 0.224 e. The predicted octanol–water partition coefficient (Wildman–Crippen LogP) is 0.734. The number of rotatable bonds is 8. The number of hydrogen-bond acceptors (Lipinski definition) is 3. The summed E-state index contributed by atoms with van der Waals surface area (Å²) < 4.78 is 1.76. The van der Waals surface area contributed by atoms with Crippen LogP contribution in [0.3, 0.4) is 0 Å². The summed E-state index contributed by atoms with van der Waals surface area (Å²) in [5.41, 5.74) is 1.05. The van der Waals surface area contributed by atoms with Gasteiger partial charge in [0.1, 0.15) is 0 Å². The summed E-state index contributed by atoms with van der Waals surface area (Å²) in [5.74, 6) is 0.888.